The Morgan fingerprint density at radius 3 is 2.50 bits per heavy atom. The number of aliphatic imine (C=N–C) groups is 1. The normalized spacial score (nSPS) is 20.7. The average Bonchev–Trinajstić information content (AvgIpc) is 2.65. The lowest BCUT2D eigenvalue weighted by Crippen LogP contribution is -1.99. The van der Waals surface area contributed by atoms with Gasteiger partial charge in [0.25, 0.3) is 0 Å². The lowest BCUT2D eigenvalue weighted by atomic mass is 10.0. The van der Waals surface area contributed by atoms with Crippen molar-refractivity contribution in [2.45, 2.75) is 13.3 Å². The molecule has 0 radical (unpaired) electrons. The van der Waals surface area contributed by atoms with Crippen LogP contribution in [0.4, 0.5) is 0 Å². The van der Waals surface area contributed by atoms with Crippen molar-refractivity contribution in [2.24, 2.45) is 10.9 Å². The van der Waals surface area contributed by atoms with E-state index in [2.05, 4.69) is 24.0 Å². The van der Waals surface area contributed by atoms with Crippen LogP contribution in [0, 0.1) is 5.92 Å². The van der Waals surface area contributed by atoms with Gasteiger partial charge in [0.1, 0.15) is 5.75 Å². The Kier molecular flexibility index (Phi) is 2.53. The fourth-order valence-corrected chi connectivity index (χ4v) is 1.72. The van der Waals surface area contributed by atoms with Gasteiger partial charge in [-0.15, -0.1) is 0 Å². The number of ether oxygens (including phenoxy) is 1. The van der Waals surface area contributed by atoms with Crippen LogP contribution in [0.2, 0.25) is 0 Å². The first-order valence-corrected chi connectivity index (χ1v) is 4.97. The van der Waals surface area contributed by atoms with E-state index in [1.54, 1.807) is 7.11 Å². The van der Waals surface area contributed by atoms with Crippen molar-refractivity contribution >= 4 is 5.71 Å². The molecule has 1 heterocycles. The Morgan fingerprint density at radius 1 is 1.29 bits per heavy atom. The standard InChI is InChI=1S/C12H15NO/c1-9-7-12(13-8-9)10-3-5-11(14-2)6-4-10/h3-6,9H,7-8H2,1-2H3. The van der Waals surface area contributed by atoms with Gasteiger partial charge in [0.2, 0.25) is 0 Å². The van der Waals surface area contributed by atoms with E-state index in [0.29, 0.717) is 5.92 Å². The number of methoxy groups -OCH3 is 1. The SMILES string of the molecule is COc1ccc(C2=NCC(C)C2)cc1. The van der Waals surface area contributed by atoms with E-state index in [1.807, 2.05) is 12.1 Å². The van der Waals surface area contributed by atoms with Crippen molar-refractivity contribution in [1.29, 1.82) is 0 Å². The highest BCUT2D eigenvalue weighted by molar-refractivity contribution is 6.01. The van der Waals surface area contributed by atoms with Crippen molar-refractivity contribution in [1.82, 2.24) is 0 Å². The Hall–Kier alpha value is -1.31. The third-order valence-corrected chi connectivity index (χ3v) is 2.56. The summed E-state index contributed by atoms with van der Waals surface area (Å²) in [5.74, 6) is 1.60. The van der Waals surface area contributed by atoms with Gasteiger partial charge in [-0.2, -0.15) is 0 Å². The highest BCUT2D eigenvalue weighted by Gasteiger charge is 2.15. The summed E-state index contributed by atoms with van der Waals surface area (Å²) in [7, 11) is 1.68. The molecule has 1 atom stereocenters. The Morgan fingerprint density at radius 2 is 2.00 bits per heavy atom. The molecule has 2 rings (SSSR count). The Bertz CT molecular complexity index is 340. The van der Waals surface area contributed by atoms with E-state index in [0.717, 1.165) is 18.7 Å². The summed E-state index contributed by atoms with van der Waals surface area (Å²) in [6, 6.07) is 8.13. The quantitative estimate of drug-likeness (QED) is 0.700. The van der Waals surface area contributed by atoms with E-state index >= 15 is 0 Å². The molecule has 0 fully saturated rings. The molecule has 1 aliphatic heterocycles. The Labute approximate surface area is 84.6 Å². The lowest BCUT2D eigenvalue weighted by molar-refractivity contribution is 0.415. The fraction of sp³-hybridized carbons (Fsp3) is 0.417. The first kappa shape index (κ1) is 9.25. The summed E-state index contributed by atoms with van der Waals surface area (Å²) in [5, 5.41) is 0. The molecule has 0 aromatic heterocycles. The highest BCUT2D eigenvalue weighted by atomic mass is 16.5. The minimum Gasteiger partial charge on any atom is -0.497 e. The third-order valence-electron chi connectivity index (χ3n) is 2.56. The largest absolute Gasteiger partial charge is 0.497 e. The molecule has 0 bridgehead atoms. The second-order valence-corrected chi connectivity index (χ2v) is 3.83. The summed E-state index contributed by atoms with van der Waals surface area (Å²) >= 11 is 0. The molecule has 0 N–H and O–H groups in total. The molecule has 1 aliphatic rings. The van der Waals surface area contributed by atoms with Gasteiger partial charge in [0, 0.05) is 12.3 Å². The average molecular weight is 189 g/mol. The number of benzene rings is 1. The van der Waals surface area contributed by atoms with Crippen LogP contribution >= 0.6 is 0 Å². The van der Waals surface area contributed by atoms with E-state index in [-0.39, 0.29) is 0 Å². The predicted molar refractivity (Wildman–Crippen MR) is 58.2 cm³/mol. The molecule has 2 nitrogen and oxygen atoms in total. The number of nitrogens with zero attached hydrogens (tertiary/aromatic N) is 1. The van der Waals surface area contributed by atoms with Gasteiger partial charge in [-0.05, 0) is 42.2 Å². The minimum absolute atomic E-state index is 0.701. The maximum Gasteiger partial charge on any atom is 0.118 e. The van der Waals surface area contributed by atoms with Crippen molar-refractivity contribution in [3.05, 3.63) is 29.8 Å². The molecule has 14 heavy (non-hydrogen) atoms. The Balaban J connectivity index is 2.17. The van der Waals surface area contributed by atoms with Gasteiger partial charge in [-0.1, -0.05) is 6.92 Å². The molecule has 2 heteroatoms. The summed E-state index contributed by atoms with van der Waals surface area (Å²) in [4.78, 5) is 4.52. The molecular formula is C12H15NO. The van der Waals surface area contributed by atoms with Gasteiger partial charge in [0.05, 0.1) is 7.11 Å². The molecule has 1 unspecified atom stereocenters. The molecule has 0 saturated carbocycles. The van der Waals surface area contributed by atoms with E-state index < -0.39 is 0 Å². The van der Waals surface area contributed by atoms with Crippen LogP contribution in [-0.2, 0) is 0 Å². The van der Waals surface area contributed by atoms with Crippen LogP contribution < -0.4 is 4.74 Å². The summed E-state index contributed by atoms with van der Waals surface area (Å²) < 4.78 is 5.11. The third kappa shape index (κ3) is 1.79. The number of hydrogen-bond acceptors (Lipinski definition) is 2. The maximum absolute atomic E-state index is 5.11. The maximum atomic E-state index is 5.11. The second-order valence-electron chi connectivity index (χ2n) is 3.83. The van der Waals surface area contributed by atoms with Crippen molar-refractivity contribution in [2.75, 3.05) is 13.7 Å². The highest BCUT2D eigenvalue weighted by Crippen LogP contribution is 2.20. The monoisotopic (exact) mass is 189 g/mol. The summed E-state index contributed by atoms with van der Waals surface area (Å²) in [5.41, 5.74) is 2.47. The minimum atomic E-state index is 0.701. The van der Waals surface area contributed by atoms with E-state index in [4.69, 9.17) is 4.74 Å². The molecule has 1 aromatic carbocycles. The first-order chi connectivity index (χ1) is 6.79. The molecule has 0 aliphatic carbocycles. The van der Waals surface area contributed by atoms with Gasteiger partial charge in [0.15, 0.2) is 0 Å². The molecule has 0 saturated heterocycles. The van der Waals surface area contributed by atoms with E-state index in [1.165, 1.54) is 11.3 Å². The zero-order chi connectivity index (χ0) is 9.97. The molecule has 0 spiro atoms. The van der Waals surface area contributed by atoms with Crippen molar-refractivity contribution < 1.29 is 4.74 Å². The summed E-state index contributed by atoms with van der Waals surface area (Å²) in [6.07, 6.45) is 1.10. The molecular weight excluding hydrogens is 174 g/mol. The van der Waals surface area contributed by atoms with Crippen molar-refractivity contribution in [3.8, 4) is 5.75 Å². The van der Waals surface area contributed by atoms with Gasteiger partial charge >= 0.3 is 0 Å². The molecule has 0 amide bonds. The van der Waals surface area contributed by atoms with Crippen LogP contribution in [0.1, 0.15) is 18.9 Å². The fourth-order valence-electron chi connectivity index (χ4n) is 1.72. The van der Waals surface area contributed by atoms with Crippen molar-refractivity contribution in [3.63, 3.8) is 0 Å². The first-order valence-electron chi connectivity index (χ1n) is 4.97. The molecule has 1 aromatic rings. The zero-order valence-corrected chi connectivity index (χ0v) is 8.66. The summed E-state index contributed by atoms with van der Waals surface area (Å²) in [6.45, 7) is 3.21. The van der Waals surface area contributed by atoms with Crippen LogP contribution in [-0.4, -0.2) is 19.4 Å². The van der Waals surface area contributed by atoms with Crippen LogP contribution in [0.15, 0.2) is 29.3 Å². The predicted octanol–water partition coefficient (Wildman–Crippen LogP) is 2.52. The number of hydrogen-bond donors (Lipinski definition) is 0. The second kappa shape index (κ2) is 3.82. The molecule has 74 valence electrons. The van der Waals surface area contributed by atoms with Crippen LogP contribution in [0.3, 0.4) is 0 Å². The van der Waals surface area contributed by atoms with Gasteiger partial charge in [-0.25, -0.2) is 0 Å². The zero-order valence-electron chi connectivity index (χ0n) is 8.66. The number of rotatable bonds is 2. The lowest BCUT2D eigenvalue weighted by Gasteiger charge is -2.03. The van der Waals surface area contributed by atoms with Crippen LogP contribution in [0.5, 0.6) is 5.75 Å². The smallest absolute Gasteiger partial charge is 0.118 e. The van der Waals surface area contributed by atoms with Gasteiger partial charge in [-0.3, -0.25) is 4.99 Å². The topological polar surface area (TPSA) is 21.6 Å². The van der Waals surface area contributed by atoms with Crippen LogP contribution in [0.25, 0.3) is 0 Å². The van der Waals surface area contributed by atoms with E-state index in [9.17, 15) is 0 Å². The van der Waals surface area contributed by atoms with Gasteiger partial charge < -0.3 is 4.74 Å².